The van der Waals surface area contributed by atoms with Gasteiger partial charge in [0.15, 0.2) is 0 Å². The first-order chi connectivity index (χ1) is 8.20. The lowest BCUT2D eigenvalue weighted by Crippen LogP contribution is -2.47. The van der Waals surface area contributed by atoms with E-state index in [1.807, 2.05) is 0 Å². The van der Waals surface area contributed by atoms with Crippen LogP contribution in [0.15, 0.2) is 0 Å². The van der Waals surface area contributed by atoms with E-state index in [9.17, 15) is 22.8 Å². The molecule has 18 heavy (non-hydrogen) atoms. The van der Waals surface area contributed by atoms with Crippen LogP contribution in [-0.2, 0) is 9.53 Å². The van der Waals surface area contributed by atoms with Gasteiger partial charge in [-0.05, 0) is 13.3 Å². The maximum absolute atomic E-state index is 11.8. The minimum atomic E-state index is -4.39. The molecule has 1 unspecified atom stereocenters. The number of amides is 3. The third-order valence-corrected chi connectivity index (χ3v) is 2.96. The van der Waals surface area contributed by atoms with Crippen molar-refractivity contribution in [3.05, 3.63) is 0 Å². The fourth-order valence-electron chi connectivity index (χ4n) is 1.69. The van der Waals surface area contributed by atoms with Crippen LogP contribution in [0.3, 0.4) is 0 Å². The van der Waals surface area contributed by atoms with Crippen LogP contribution in [0.25, 0.3) is 0 Å². The number of halogens is 3. The molecule has 1 aliphatic heterocycles. The summed E-state index contributed by atoms with van der Waals surface area (Å²) in [6, 6.07) is -0.597. The normalized spacial score (nSPS) is 24.6. The Bertz CT molecular complexity index is 346. The van der Waals surface area contributed by atoms with Gasteiger partial charge in [0.1, 0.15) is 12.1 Å². The van der Waals surface area contributed by atoms with Gasteiger partial charge in [-0.1, -0.05) is 6.92 Å². The number of nitrogens with one attached hydrogen (secondary N) is 1. The van der Waals surface area contributed by atoms with Crippen LogP contribution in [0, 0.1) is 0 Å². The first kappa shape index (κ1) is 14.7. The molecule has 0 aromatic carbocycles. The lowest BCUT2D eigenvalue weighted by Gasteiger charge is -2.30. The van der Waals surface area contributed by atoms with Crippen molar-refractivity contribution >= 4 is 11.9 Å². The van der Waals surface area contributed by atoms with Crippen LogP contribution in [0.5, 0.6) is 0 Å². The topological polar surface area (TPSA) is 58.6 Å². The molecule has 0 aromatic heterocycles. The zero-order chi connectivity index (χ0) is 14.0. The molecular weight excluding hydrogens is 253 g/mol. The first-order valence-electron chi connectivity index (χ1n) is 5.48. The van der Waals surface area contributed by atoms with Gasteiger partial charge in [-0.2, -0.15) is 13.2 Å². The molecule has 1 atom stereocenters. The highest BCUT2D eigenvalue weighted by Gasteiger charge is 2.47. The summed E-state index contributed by atoms with van der Waals surface area (Å²) >= 11 is 0. The zero-order valence-electron chi connectivity index (χ0n) is 10.1. The van der Waals surface area contributed by atoms with Crippen molar-refractivity contribution in [1.82, 2.24) is 10.2 Å². The molecule has 104 valence electrons. The Kier molecular flexibility index (Phi) is 4.20. The molecular formula is C10H15F3N2O3. The second-order valence-electron chi connectivity index (χ2n) is 4.21. The number of urea groups is 1. The summed E-state index contributed by atoms with van der Waals surface area (Å²) in [6.07, 6.45) is -4.01. The maximum Gasteiger partial charge on any atom is 0.411 e. The van der Waals surface area contributed by atoms with Gasteiger partial charge in [0.2, 0.25) is 0 Å². The van der Waals surface area contributed by atoms with E-state index in [0.29, 0.717) is 6.42 Å². The van der Waals surface area contributed by atoms with E-state index in [-0.39, 0.29) is 13.2 Å². The number of hydrogen-bond acceptors (Lipinski definition) is 3. The second-order valence-corrected chi connectivity index (χ2v) is 4.21. The van der Waals surface area contributed by atoms with E-state index >= 15 is 0 Å². The average molecular weight is 268 g/mol. The second kappa shape index (κ2) is 5.13. The van der Waals surface area contributed by atoms with E-state index in [0.717, 1.165) is 0 Å². The first-order valence-corrected chi connectivity index (χ1v) is 5.48. The quantitative estimate of drug-likeness (QED) is 0.603. The minimum Gasteiger partial charge on any atom is -0.370 e. The largest absolute Gasteiger partial charge is 0.411 e. The van der Waals surface area contributed by atoms with E-state index in [1.165, 1.54) is 4.90 Å². The lowest BCUT2D eigenvalue weighted by molar-refractivity contribution is -0.174. The summed E-state index contributed by atoms with van der Waals surface area (Å²) in [5, 5.41) is 2.14. The summed E-state index contributed by atoms with van der Waals surface area (Å²) in [7, 11) is 0. The predicted octanol–water partition coefficient (Wildman–Crippen LogP) is 1.29. The Hall–Kier alpha value is -1.31. The van der Waals surface area contributed by atoms with Crippen molar-refractivity contribution in [3.63, 3.8) is 0 Å². The number of imide groups is 1. The molecule has 8 heteroatoms. The highest BCUT2D eigenvalue weighted by atomic mass is 19.4. The molecule has 1 fully saturated rings. The third kappa shape index (κ3) is 3.12. The van der Waals surface area contributed by atoms with E-state index in [2.05, 4.69) is 10.1 Å². The molecule has 5 nitrogen and oxygen atoms in total. The van der Waals surface area contributed by atoms with Crippen molar-refractivity contribution < 1.29 is 27.5 Å². The summed E-state index contributed by atoms with van der Waals surface area (Å²) in [5.41, 5.74) is -1.02. The fraction of sp³-hybridized carbons (Fsp3) is 0.800. The van der Waals surface area contributed by atoms with Crippen molar-refractivity contribution in [2.45, 2.75) is 32.0 Å². The maximum atomic E-state index is 11.8. The predicted molar refractivity (Wildman–Crippen MR) is 55.8 cm³/mol. The number of rotatable bonds is 5. The SMILES string of the molecule is CCC1(C)C(=O)NC(=O)N1CCOCC(F)(F)F. The van der Waals surface area contributed by atoms with Crippen LogP contribution in [0.4, 0.5) is 18.0 Å². The number of ether oxygens (including phenoxy) is 1. The van der Waals surface area contributed by atoms with Crippen molar-refractivity contribution in [2.75, 3.05) is 19.8 Å². The Morgan fingerprint density at radius 1 is 1.39 bits per heavy atom. The molecule has 0 aromatic rings. The van der Waals surface area contributed by atoms with Gasteiger partial charge in [-0.15, -0.1) is 0 Å². The standard InChI is InChI=1S/C10H15F3N2O3/c1-3-9(2)7(16)14-8(17)15(9)4-5-18-6-10(11,12)13/h3-6H2,1-2H3,(H,14,16,17). The van der Waals surface area contributed by atoms with Crippen LogP contribution in [0.2, 0.25) is 0 Å². The van der Waals surface area contributed by atoms with Gasteiger partial charge in [0.05, 0.1) is 6.61 Å². The Morgan fingerprint density at radius 3 is 2.50 bits per heavy atom. The zero-order valence-corrected chi connectivity index (χ0v) is 10.1. The lowest BCUT2D eigenvalue weighted by atomic mass is 9.97. The molecule has 1 heterocycles. The summed E-state index contributed by atoms with van der Waals surface area (Å²) in [6.45, 7) is 1.60. The van der Waals surface area contributed by atoms with Gasteiger partial charge < -0.3 is 9.64 Å². The van der Waals surface area contributed by atoms with Gasteiger partial charge >= 0.3 is 12.2 Å². The summed E-state index contributed by atoms with van der Waals surface area (Å²) in [4.78, 5) is 24.2. The Balaban J connectivity index is 2.50. The summed E-state index contributed by atoms with van der Waals surface area (Å²) < 4.78 is 39.9. The molecule has 0 aliphatic carbocycles. The number of hydrogen-bond donors (Lipinski definition) is 1. The fourth-order valence-corrected chi connectivity index (χ4v) is 1.69. The smallest absolute Gasteiger partial charge is 0.370 e. The van der Waals surface area contributed by atoms with Crippen molar-refractivity contribution in [1.29, 1.82) is 0 Å². The van der Waals surface area contributed by atoms with Crippen LogP contribution >= 0.6 is 0 Å². The highest BCUT2D eigenvalue weighted by molar-refractivity contribution is 6.06. The van der Waals surface area contributed by atoms with Gasteiger partial charge in [0, 0.05) is 6.54 Å². The number of carbonyl (C=O) groups is 2. The molecule has 0 spiro atoms. The Labute approximate surface area is 102 Å². The molecule has 1 N–H and O–H groups in total. The van der Waals surface area contributed by atoms with Gasteiger partial charge in [0.25, 0.3) is 5.91 Å². The molecule has 1 rings (SSSR count). The summed E-state index contributed by atoms with van der Waals surface area (Å²) in [5.74, 6) is -0.439. The van der Waals surface area contributed by atoms with Crippen LogP contribution in [0.1, 0.15) is 20.3 Å². The van der Waals surface area contributed by atoms with Crippen molar-refractivity contribution in [3.8, 4) is 0 Å². The average Bonchev–Trinajstić information content (AvgIpc) is 2.46. The van der Waals surface area contributed by atoms with E-state index < -0.39 is 30.3 Å². The highest BCUT2D eigenvalue weighted by Crippen LogP contribution is 2.24. The molecule has 1 saturated heterocycles. The van der Waals surface area contributed by atoms with Crippen LogP contribution in [-0.4, -0.2) is 48.3 Å². The molecule has 0 bridgehead atoms. The van der Waals surface area contributed by atoms with E-state index in [4.69, 9.17) is 0 Å². The molecule has 1 aliphatic rings. The van der Waals surface area contributed by atoms with Gasteiger partial charge in [-0.25, -0.2) is 4.79 Å². The van der Waals surface area contributed by atoms with Gasteiger partial charge in [-0.3, -0.25) is 10.1 Å². The van der Waals surface area contributed by atoms with E-state index in [1.54, 1.807) is 13.8 Å². The number of nitrogens with zero attached hydrogens (tertiary/aromatic N) is 1. The number of alkyl halides is 3. The van der Waals surface area contributed by atoms with Crippen LogP contribution < -0.4 is 5.32 Å². The third-order valence-electron chi connectivity index (χ3n) is 2.96. The molecule has 0 saturated carbocycles. The number of carbonyl (C=O) groups excluding carboxylic acids is 2. The monoisotopic (exact) mass is 268 g/mol. The molecule has 3 amide bonds. The molecule has 0 radical (unpaired) electrons. The minimum absolute atomic E-state index is 0.0575. The van der Waals surface area contributed by atoms with Crippen molar-refractivity contribution in [2.24, 2.45) is 0 Å². The Morgan fingerprint density at radius 2 is 2.00 bits per heavy atom.